The summed E-state index contributed by atoms with van der Waals surface area (Å²) in [5.41, 5.74) is 1.86. The third-order valence-corrected chi connectivity index (χ3v) is 4.50. The molecule has 0 amide bonds. The molecule has 23 heavy (non-hydrogen) atoms. The van der Waals surface area contributed by atoms with Crippen molar-refractivity contribution in [1.29, 1.82) is 5.26 Å². The number of sulfonamides is 1. The predicted molar refractivity (Wildman–Crippen MR) is 90.0 cm³/mol. The Bertz CT molecular complexity index is 826. The molecular weight excluding hydrogens is 312 g/mol. The van der Waals surface area contributed by atoms with Crippen LogP contribution >= 0.6 is 0 Å². The largest absolute Gasteiger partial charge is 0.491 e. The molecule has 0 radical (unpaired) electrons. The molecule has 0 spiro atoms. The van der Waals surface area contributed by atoms with E-state index < -0.39 is 10.0 Å². The molecule has 0 fully saturated rings. The molecule has 2 aromatic carbocycles. The van der Waals surface area contributed by atoms with Crippen molar-refractivity contribution in [3.8, 4) is 11.8 Å². The third-order valence-electron chi connectivity index (χ3n) is 3.31. The van der Waals surface area contributed by atoms with Gasteiger partial charge >= 0.3 is 0 Å². The zero-order valence-electron chi connectivity index (χ0n) is 13.1. The smallest absolute Gasteiger partial charge is 0.232 e. The standard InChI is InChI=1S/C17H18N2O3S/c1-14-6-3-4-9-17(14)22-11-10-19(23(2,20)21)16-8-5-7-15(12-16)13-18/h3-9,12H,10-11H2,1-2H3. The Morgan fingerprint density at radius 2 is 1.91 bits per heavy atom. The lowest BCUT2D eigenvalue weighted by atomic mass is 10.2. The lowest BCUT2D eigenvalue weighted by Crippen LogP contribution is -2.33. The second-order valence-electron chi connectivity index (χ2n) is 5.11. The summed E-state index contributed by atoms with van der Waals surface area (Å²) < 4.78 is 31.0. The Labute approximate surface area is 136 Å². The Balaban J connectivity index is 2.14. The highest BCUT2D eigenvalue weighted by Crippen LogP contribution is 2.20. The van der Waals surface area contributed by atoms with Crippen LogP contribution in [0.25, 0.3) is 0 Å². The number of hydrogen-bond acceptors (Lipinski definition) is 4. The average molecular weight is 330 g/mol. The molecule has 0 saturated heterocycles. The molecule has 120 valence electrons. The van der Waals surface area contributed by atoms with Gasteiger partial charge in [-0.1, -0.05) is 24.3 Å². The van der Waals surface area contributed by atoms with Gasteiger partial charge in [0.1, 0.15) is 12.4 Å². The summed E-state index contributed by atoms with van der Waals surface area (Å²) in [6, 6.07) is 16.1. The topological polar surface area (TPSA) is 70.4 Å². The monoisotopic (exact) mass is 330 g/mol. The molecule has 2 rings (SSSR count). The molecule has 0 saturated carbocycles. The van der Waals surface area contributed by atoms with Gasteiger partial charge in [-0.3, -0.25) is 4.31 Å². The summed E-state index contributed by atoms with van der Waals surface area (Å²) in [5, 5.41) is 8.96. The summed E-state index contributed by atoms with van der Waals surface area (Å²) in [4.78, 5) is 0. The molecule has 0 aliphatic rings. The maximum atomic E-state index is 12.0. The van der Waals surface area contributed by atoms with E-state index in [1.807, 2.05) is 37.3 Å². The summed E-state index contributed by atoms with van der Waals surface area (Å²) in [5.74, 6) is 0.728. The summed E-state index contributed by atoms with van der Waals surface area (Å²) in [6.07, 6.45) is 1.14. The molecule has 0 bridgehead atoms. The molecule has 6 heteroatoms. The van der Waals surface area contributed by atoms with Crippen LogP contribution in [0.15, 0.2) is 48.5 Å². The van der Waals surface area contributed by atoms with Crippen molar-refractivity contribution >= 4 is 15.7 Å². The molecule has 5 nitrogen and oxygen atoms in total. The maximum absolute atomic E-state index is 12.0. The van der Waals surface area contributed by atoms with E-state index in [-0.39, 0.29) is 13.2 Å². The van der Waals surface area contributed by atoms with Gasteiger partial charge < -0.3 is 4.74 Å². The molecule has 0 aliphatic heterocycles. The fourth-order valence-corrected chi connectivity index (χ4v) is 3.08. The first-order valence-corrected chi connectivity index (χ1v) is 8.93. The normalized spacial score (nSPS) is 10.8. The third kappa shape index (κ3) is 4.47. The van der Waals surface area contributed by atoms with Crippen LogP contribution in [-0.2, 0) is 10.0 Å². The van der Waals surface area contributed by atoms with Gasteiger partial charge in [0.15, 0.2) is 0 Å². The fourth-order valence-electron chi connectivity index (χ4n) is 2.17. The molecule has 0 N–H and O–H groups in total. The number of nitriles is 1. The zero-order valence-corrected chi connectivity index (χ0v) is 13.9. The summed E-state index contributed by atoms with van der Waals surface area (Å²) >= 11 is 0. The number of nitrogens with zero attached hydrogens (tertiary/aromatic N) is 2. The minimum absolute atomic E-state index is 0.169. The van der Waals surface area contributed by atoms with Crippen molar-refractivity contribution in [3.63, 3.8) is 0 Å². The Morgan fingerprint density at radius 3 is 2.57 bits per heavy atom. The van der Waals surface area contributed by atoms with Crippen LogP contribution < -0.4 is 9.04 Å². The lowest BCUT2D eigenvalue weighted by molar-refractivity contribution is 0.326. The van der Waals surface area contributed by atoms with Crippen LogP contribution in [0.2, 0.25) is 0 Å². The number of ether oxygens (including phenoxy) is 1. The lowest BCUT2D eigenvalue weighted by Gasteiger charge is -2.22. The van der Waals surface area contributed by atoms with Crippen molar-refractivity contribution in [2.24, 2.45) is 0 Å². The first kappa shape index (κ1) is 16.8. The van der Waals surface area contributed by atoms with E-state index in [2.05, 4.69) is 0 Å². The number of aryl methyl sites for hydroxylation is 1. The average Bonchev–Trinajstić information content (AvgIpc) is 2.52. The number of benzene rings is 2. The second-order valence-corrected chi connectivity index (χ2v) is 7.02. The van der Waals surface area contributed by atoms with Gasteiger partial charge in [-0.15, -0.1) is 0 Å². The van der Waals surface area contributed by atoms with Gasteiger partial charge in [-0.05, 0) is 36.8 Å². The molecule has 0 atom stereocenters. The van der Waals surface area contributed by atoms with Gasteiger partial charge in [0.2, 0.25) is 10.0 Å². The first-order chi connectivity index (χ1) is 10.9. The van der Waals surface area contributed by atoms with Crippen LogP contribution in [-0.4, -0.2) is 27.8 Å². The van der Waals surface area contributed by atoms with E-state index in [0.717, 1.165) is 17.6 Å². The van der Waals surface area contributed by atoms with Crippen molar-refractivity contribution in [2.45, 2.75) is 6.92 Å². The van der Waals surface area contributed by atoms with E-state index in [9.17, 15) is 8.42 Å². The van der Waals surface area contributed by atoms with Crippen molar-refractivity contribution < 1.29 is 13.2 Å². The minimum atomic E-state index is -3.46. The quantitative estimate of drug-likeness (QED) is 0.816. The maximum Gasteiger partial charge on any atom is 0.232 e. The van der Waals surface area contributed by atoms with Gasteiger partial charge in [0.05, 0.1) is 30.1 Å². The SMILES string of the molecule is Cc1ccccc1OCCN(c1cccc(C#N)c1)S(C)(=O)=O. The van der Waals surface area contributed by atoms with Crippen LogP contribution in [0, 0.1) is 18.3 Å². The molecule has 0 aromatic heterocycles. The van der Waals surface area contributed by atoms with E-state index in [1.165, 1.54) is 4.31 Å². The molecule has 0 heterocycles. The van der Waals surface area contributed by atoms with E-state index in [4.69, 9.17) is 10.00 Å². The van der Waals surface area contributed by atoms with Gasteiger partial charge in [-0.2, -0.15) is 5.26 Å². The van der Waals surface area contributed by atoms with Gasteiger partial charge in [0.25, 0.3) is 0 Å². The Hall–Kier alpha value is -2.52. The molecule has 2 aromatic rings. The minimum Gasteiger partial charge on any atom is -0.491 e. The van der Waals surface area contributed by atoms with E-state index in [0.29, 0.717) is 11.3 Å². The number of para-hydroxylation sites is 1. The summed E-state index contributed by atoms with van der Waals surface area (Å²) in [6.45, 7) is 2.32. The van der Waals surface area contributed by atoms with Gasteiger partial charge in [0, 0.05) is 0 Å². The second kappa shape index (κ2) is 7.16. The van der Waals surface area contributed by atoms with E-state index in [1.54, 1.807) is 24.3 Å². The highest BCUT2D eigenvalue weighted by atomic mass is 32.2. The highest BCUT2D eigenvalue weighted by Gasteiger charge is 2.17. The molecular formula is C17H18N2O3S. The number of rotatable bonds is 6. The van der Waals surface area contributed by atoms with Crippen molar-refractivity contribution in [1.82, 2.24) is 0 Å². The predicted octanol–water partition coefficient (Wildman–Crippen LogP) is 2.71. The Kier molecular flexibility index (Phi) is 5.24. The van der Waals surface area contributed by atoms with Gasteiger partial charge in [-0.25, -0.2) is 8.42 Å². The van der Waals surface area contributed by atoms with Crippen LogP contribution in [0.1, 0.15) is 11.1 Å². The fraction of sp³-hybridized carbons (Fsp3) is 0.235. The zero-order chi connectivity index (χ0) is 16.9. The molecule has 0 aliphatic carbocycles. The Morgan fingerprint density at radius 1 is 1.17 bits per heavy atom. The van der Waals surface area contributed by atoms with Crippen LogP contribution in [0.5, 0.6) is 5.75 Å². The number of anilines is 1. The first-order valence-electron chi connectivity index (χ1n) is 7.08. The molecule has 0 unspecified atom stereocenters. The number of hydrogen-bond donors (Lipinski definition) is 0. The highest BCUT2D eigenvalue weighted by molar-refractivity contribution is 7.92. The van der Waals surface area contributed by atoms with Crippen LogP contribution in [0.4, 0.5) is 5.69 Å². The van der Waals surface area contributed by atoms with E-state index >= 15 is 0 Å². The van der Waals surface area contributed by atoms with Crippen molar-refractivity contribution in [3.05, 3.63) is 59.7 Å². The summed E-state index contributed by atoms with van der Waals surface area (Å²) in [7, 11) is -3.46. The van der Waals surface area contributed by atoms with Crippen LogP contribution in [0.3, 0.4) is 0 Å². The van der Waals surface area contributed by atoms with Crippen molar-refractivity contribution in [2.75, 3.05) is 23.7 Å².